The summed E-state index contributed by atoms with van der Waals surface area (Å²) in [6, 6.07) is 8.02. The molecule has 3 aromatic carbocycles. The van der Waals surface area contributed by atoms with E-state index in [4.69, 9.17) is 73.0 Å². The fourth-order valence-electron chi connectivity index (χ4n) is 11.6. The molecule has 2 aliphatic rings. The predicted octanol–water partition coefficient (Wildman–Crippen LogP) is 3.36. The number of amides is 6. The summed E-state index contributed by atoms with van der Waals surface area (Å²) in [7, 11) is 10.4. The average molecular weight is 1430 g/mol. The van der Waals surface area contributed by atoms with Crippen LogP contribution in [-0.2, 0) is 0 Å². The smallest absolute Gasteiger partial charge is 0.255 e. The van der Waals surface area contributed by atoms with Crippen LogP contribution >= 0.6 is 0 Å². The minimum atomic E-state index is -0.467. The number of methoxy groups -OCH3 is 2. The molecule has 3 aromatic rings. The first-order chi connectivity index (χ1) is 49.0. The van der Waals surface area contributed by atoms with E-state index in [2.05, 4.69) is 53.2 Å². The molecular formula is C70H114N20O12. The molecule has 0 atom stereocenters. The van der Waals surface area contributed by atoms with Gasteiger partial charge in [0.15, 0.2) is 23.8 Å². The first kappa shape index (κ1) is 82.9. The number of nitrogens with one attached hydrogen (secondary N) is 14. The number of benzene rings is 3. The number of likely N-dealkylation sites (N-methyl/N-ethyl adjacent to an activating group) is 2. The van der Waals surface area contributed by atoms with Crippen LogP contribution in [0.4, 0.5) is 0 Å². The highest BCUT2D eigenvalue weighted by Gasteiger charge is 2.32. The van der Waals surface area contributed by atoms with Gasteiger partial charge in [-0.2, -0.15) is 0 Å². The van der Waals surface area contributed by atoms with Crippen molar-refractivity contribution in [3.63, 3.8) is 0 Å². The lowest BCUT2D eigenvalue weighted by Gasteiger charge is -2.30. The minimum Gasteiger partial charge on any atom is -0.496 e. The Labute approximate surface area is 599 Å². The second-order valence-electron chi connectivity index (χ2n) is 26.0. The highest BCUT2D eigenvalue weighted by atomic mass is 16.5. The predicted molar refractivity (Wildman–Crippen MR) is 393 cm³/mol. The molecule has 32 heteroatoms. The fourth-order valence-corrected chi connectivity index (χ4v) is 11.6. The van der Waals surface area contributed by atoms with Crippen molar-refractivity contribution in [2.45, 2.75) is 153 Å². The maximum absolute atomic E-state index is 14.4. The molecule has 566 valence electrons. The van der Waals surface area contributed by atoms with Gasteiger partial charge in [0.2, 0.25) is 0 Å². The topological polar surface area (TPSA) is 484 Å². The van der Waals surface area contributed by atoms with Gasteiger partial charge in [0.25, 0.3) is 35.4 Å². The number of ether oxygens (including phenoxy) is 6. The molecule has 0 heterocycles. The Kier molecular flexibility index (Phi) is 36.8. The number of nitrogens with two attached hydrogens (primary N) is 4. The second kappa shape index (κ2) is 45.2. The first-order valence-corrected chi connectivity index (χ1v) is 35.5. The summed E-state index contributed by atoms with van der Waals surface area (Å²) in [6.45, 7) is 5.06. The molecular weight excluding hydrogens is 1310 g/mol. The molecule has 22 N–H and O–H groups in total. The van der Waals surface area contributed by atoms with Crippen LogP contribution in [0.3, 0.4) is 0 Å². The zero-order valence-electron chi connectivity index (χ0n) is 60.5. The third-order valence-corrected chi connectivity index (χ3v) is 17.2. The van der Waals surface area contributed by atoms with Crippen molar-refractivity contribution in [2.24, 2.45) is 22.9 Å². The van der Waals surface area contributed by atoms with Crippen LogP contribution in [0.2, 0.25) is 0 Å². The molecule has 32 nitrogen and oxygen atoms in total. The third kappa shape index (κ3) is 30.2. The first-order valence-electron chi connectivity index (χ1n) is 35.5. The van der Waals surface area contributed by atoms with Crippen molar-refractivity contribution in [2.75, 3.05) is 121 Å². The average Bonchev–Trinajstić information content (AvgIpc) is 0.814. The molecule has 102 heavy (non-hydrogen) atoms. The van der Waals surface area contributed by atoms with Crippen molar-refractivity contribution < 1.29 is 57.2 Å². The van der Waals surface area contributed by atoms with E-state index in [1.807, 2.05) is 38.0 Å². The second-order valence-corrected chi connectivity index (χ2v) is 26.0. The molecule has 0 radical (unpaired) electrons. The highest BCUT2D eigenvalue weighted by molar-refractivity contribution is 6.05. The number of carbonyl (C=O) groups is 6. The van der Waals surface area contributed by atoms with Gasteiger partial charge in [-0.15, -0.1) is 0 Å². The van der Waals surface area contributed by atoms with Crippen molar-refractivity contribution >= 4 is 59.3 Å². The number of guanidine groups is 4. The molecule has 0 bridgehead atoms. The Morgan fingerprint density at radius 2 is 0.559 bits per heavy atom. The van der Waals surface area contributed by atoms with Gasteiger partial charge in [0.1, 0.15) is 34.5 Å². The van der Waals surface area contributed by atoms with Gasteiger partial charge >= 0.3 is 0 Å². The van der Waals surface area contributed by atoms with E-state index in [0.717, 1.165) is 51.4 Å². The van der Waals surface area contributed by atoms with Crippen LogP contribution in [0.5, 0.6) is 34.5 Å². The van der Waals surface area contributed by atoms with E-state index in [0.29, 0.717) is 129 Å². The number of nitrogens with zero attached hydrogens (tertiary/aromatic N) is 2. The van der Waals surface area contributed by atoms with Crippen LogP contribution in [0.15, 0.2) is 36.4 Å². The monoisotopic (exact) mass is 1430 g/mol. The Bertz CT molecular complexity index is 3020. The highest BCUT2D eigenvalue weighted by Crippen LogP contribution is 2.35. The zero-order valence-corrected chi connectivity index (χ0v) is 60.5. The fraction of sp³-hybridized carbons (Fsp3) is 0.600. The maximum atomic E-state index is 14.4. The lowest BCUT2D eigenvalue weighted by molar-refractivity contribution is 0.0882. The third-order valence-electron chi connectivity index (χ3n) is 17.2. The summed E-state index contributed by atoms with van der Waals surface area (Å²) in [6.07, 6.45) is 12.6. The van der Waals surface area contributed by atoms with E-state index in [-0.39, 0.29) is 142 Å². The molecule has 5 rings (SSSR count). The molecule has 6 amide bonds. The van der Waals surface area contributed by atoms with Crippen molar-refractivity contribution in [3.8, 4) is 34.5 Å². The lowest BCUT2D eigenvalue weighted by Crippen LogP contribution is -2.44. The SMILES string of the molecule is COc1cc(OC)c(C(=O)N[C@H]2CC[C@H](NC(=O)c3cc(C(=O)NCCN(C)C)c(OCCCCCNC(=N)N)cc3OCCCCCNC(=N)N)CC2)cc1C(=O)N[C@H]1CC[C@H](NC(=O)c2cc(C(=O)NCCN(C)C)c(OCCCCCNC(=N)N)cc2OCCCCCNC(=N)N)CC1. The van der Waals surface area contributed by atoms with Crippen molar-refractivity contribution in [1.29, 1.82) is 21.6 Å². The molecule has 0 aliphatic heterocycles. The summed E-state index contributed by atoms with van der Waals surface area (Å²) < 4.78 is 36.4. The largest absolute Gasteiger partial charge is 0.496 e. The van der Waals surface area contributed by atoms with Crippen molar-refractivity contribution in [1.82, 2.24) is 63.0 Å². The number of carbonyl (C=O) groups excluding carboxylic acids is 6. The quantitative estimate of drug-likeness (QED) is 0.0219. The number of hydrogen-bond acceptors (Lipinski definition) is 18. The Hall–Kier alpha value is -9.72. The molecule has 0 aromatic heterocycles. The number of rotatable bonds is 46. The van der Waals surface area contributed by atoms with Gasteiger partial charge in [-0.3, -0.25) is 50.4 Å². The molecule has 2 saturated carbocycles. The molecule has 0 unspecified atom stereocenters. The van der Waals surface area contributed by atoms with Gasteiger partial charge < -0.3 is 114 Å². The summed E-state index contributed by atoms with van der Waals surface area (Å²) in [5.74, 6) is -1.64. The Morgan fingerprint density at radius 3 is 0.784 bits per heavy atom. The van der Waals surface area contributed by atoms with E-state index in [1.54, 1.807) is 12.1 Å². The van der Waals surface area contributed by atoms with Crippen LogP contribution in [0, 0.1) is 21.6 Å². The van der Waals surface area contributed by atoms with Gasteiger partial charge in [-0.25, -0.2) is 0 Å². The number of hydrogen-bond donors (Lipinski definition) is 18. The van der Waals surface area contributed by atoms with Crippen LogP contribution in [-0.4, -0.2) is 214 Å². The Morgan fingerprint density at radius 1 is 0.333 bits per heavy atom. The lowest BCUT2D eigenvalue weighted by atomic mass is 9.90. The molecule has 2 aliphatic carbocycles. The molecule has 0 saturated heterocycles. The van der Waals surface area contributed by atoms with E-state index in [9.17, 15) is 28.8 Å². The van der Waals surface area contributed by atoms with Gasteiger partial charge in [0, 0.05) is 94.7 Å². The van der Waals surface area contributed by atoms with Gasteiger partial charge in [-0.1, -0.05) is 0 Å². The summed E-state index contributed by atoms with van der Waals surface area (Å²) in [5, 5.41) is 59.3. The summed E-state index contributed by atoms with van der Waals surface area (Å²) in [4.78, 5) is 89.0. The maximum Gasteiger partial charge on any atom is 0.255 e. The number of unbranched alkanes of at least 4 members (excludes halogenated alkanes) is 8. The van der Waals surface area contributed by atoms with Gasteiger partial charge in [-0.05, 0) is 175 Å². The van der Waals surface area contributed by atoms with E-state index >= 15 is 0 Å². The summed E-state index contributed by atoms with van der Waals surface area (Å²) in [5.41, 5.74) is 22.7. The molecule has 0 spiro atoms. The van der Waals surface area contributed by atoms with Gasteiger partial charge in [0.05, 0.1) is 74.0 Å². The van der Waals surface area contributed by atoms with Crippen LogP contribution in [0.1, 0.15) is 191 Å². The van der Waals surface area contributed by atoms with Crippen molar-refractivity contribution in [3.05, 3.63) is 69.8 Å². The Balaban J connectivity index is 1.25. The molecule has 2 fully saturated rings. The van der Waals surface area contributed by atoms with E-state index < -0.39 is 35.4 Å². The van der Waals surface area contributed by atoms with Crippen LogP contribution < -0.4 is 105 Å². The van der Waals surface area contributed by atoms with E-state index in [1.165, 1.54) is 38.5 Å². The normalized spacial score (nSPS) is 15.5. The van der Waals surface area contributed by atoms with Crippen LogP contribution in [0.25, 0.3) is 0 Å². The summed E-state index contributed by atoms with van der Waals surface area (Å²) >= 11 is 0. The zero-order chi connectivity index (χ0) is 74.3. The standard InChI is InChI=1S/C70H114N20O12/c1-89(2)33-31-79-61(91)51-40-53(59(101-37-17-9-13-29-83-69(75)76)43-57(51)99-35-15-7-11-27-81-67(71)72)65(95)87-47-23-19-45(20-24-47)85-63(93)49-39-50(56(98-6)42-55(49)97-5)64(94)86-46-21-25-48(26-22-46)88-66(96)54-41-52(62(92)80-32-34-90(3)4)58(100-36-16-8-12-28-82-68(73)74)44-60(54)102-38-18-10-14-30-84-70(77)78/h39-48H,7-38H2,1-6H3,(H,79,91)(H,80,92)(H,85,93)(H,86,94)(H,87,95)(H,88,96)(H4,71,72,81)(H4,73,74,82)(H4,75,76,83)(H4,77,78,84)/t45-,46-,47-,48-. The minimum absolute atomic E-state index is 0.0988.